The first-order valence-corrected chi connectivity index (χ1v) is 7.75. The van der Waals surface area contributed by atoms with Gasteiger partial charge in [-0.1, -0.05) is 12.1 Å². The van der Waals surface area contributed by atoms with E-state index < -0.39 is 0 Å². The molecule has 0 radical (unpaired) electrons. The molecule has 1 heterocycles. The lowest BCUT2D eigenvalue weighted by Crippen LogP contribution is -2.25. The summed E-state index contributed by atoms with van der Waals surface area (Å²) in [5, 5.41) is 3.66. The van der Waals surface area contributed by atoms with Crippen LogP contribution in [0.4, 0.5) is 5.69 Å². The van der Waals surface area contributed by atoms with Crippen molar-refractivity contribution < 1.29 is 0 Å². The molecule has 0 aliphatic carbocycles. The third kappa shape index (κ3) is 3.08. The van der Waals surface area contributed by atoms with Crippen LogP contribution in [0.2, 0.25) is 0 Å². The predicted octanol–water partition coefficient (Wildman–Crippen LogP) is 3.72. The second-order valence-electron chi connectivity index (χ2n) is 3.76. The number of anilines is 1. The fraction of sp³-hybridized carbons (Fsp3) is 0.500. The first-order chi connectivity index (χ1) is 7.40. The van der Waals surface area contributed by atoms with Gasteiger partial charge in [-0.3, -0.25) is 0 Å². The molecule has 1 fully saturated rings. The summed E-state index contributed by atoms with van der Waals surface area (Å²) in [7, 11) is 0. The molecule has 2 rings (SSSR count). The highest BCUT2D eigenvalue weighted by Crippen LogP contribution is 2.27. The molecule has 0 saturated carbocycles. The largest absolute Gasteiger partial charge is 0.381 e. The molecular formula is C12H17NS2. The second-order valence-corrected chi connectivity index (χ2v) is 5.76. The molecule has 1 aromatic rings. The number of para-hydroxylation sites is 1. The number of hydrogen-bond donors (Lipinski definition) is 1. The van der Waals surface area contributed by atoms with Crippen LogP contribution in [0, 0.1) is 0 Å². The summed E-state index contributed by atoms with van der Waals surface area (Å²) in [5.74, 6) is 2.59. The first-order valence-electron chi connectivity index (χ1n) is 5.37. The monoisotopic (exact) mass is 239 g/mol. The Kier molecular flexibility index (Phi) is 4.27. The van der Waals surface area contributed by atoms with Crippen molar-refractivity contribution >= 4 is 29.2 Å². The molecule has 3 heteroatoms. The summed E-state index contributed by atoms with van der Waals surface area (Å²) in [6, 6.07) is 9.25. The molecule has 1 saturated heterocycles. The summed E-state index contributed by atoms with van der Waals surface area (Å²) in [5.41, 5.74) is 1.30. The maximum atomic E-state index is 3.66. The third-order valence-corrected chi connectivity index (χ3v) is 4.64. The van der Waals surface area contributed by atoms with Crippen molar-refractivity contribution in [2.45, 2.75) is 23.8 Å². The van der Waals surface area contributed by atoms with E-state index >= 15 is 0 Å². The van der Waals surface area contributed by atoms with Crippen LogP contribution in [0.1, 0.15) is 12.8 Å². The predicted molar refractivity (Wildman–Crippen MR) is 72.2 cm³/mol. The van der Waals surface area contributed by atoms with Crippen molar-refractivity contribution in [2.75, 3.05) is 23.1 Å². The van der Waals surface area contributed by atoms with Crippen LogP contribution in [0.25, 0.3) is 0 Å². The topological polar surface area (TPSA) is 12.0 Å². The van der Waals surface area contributed by atoms with Gasteiger partial charge >= 0.3 is 0 Å². The Morgan fingerprint density at radius 1 is 1.40 bits per heavy atom. The van der Waals surface area contributed by atoms with Gasteiger partial charge in [0.05, 0.1) is 0 Å². The molecule has 1 aromatic carbocycles. The zero-order valence-corrected chi connectivity index (χ0v) is 10.7. The van der Waals surface area contributed by atoms with E-state index in [-0.39, 0.29) is 0 Å². The lowest BCUT2D eigenvalue weighted by molar-refractivity contribution is 0.683. The zero-order chi connectivity index (χ0) is 10.5. The molecule has 1 N–H and O–H groups in total. The smallest absolute Gasteiger partial charge is 0.0480 e. The molecule has 15 heavy (non-hydrogen) atoms. The molecule has 0 spiro atoms. The number of thioether (sulfide) groups is 2. The van der Waals surface area contributed by atoms with Crippen LogP contribution < -0.4 is 5.32 Å². The Morgan fingerprint density at radius 2 is 2.27 bits per heavy atom. The van der Waals surface area contributed by atoms with Crippen LogP contribution in [-0.4, -0.2) is 23.8 Å². The van der Waals surface area contributed by atoms with Crippen molar-refractivity contribution in [3.63, 3.8) is 0 Å². The average molecular weight is 239 g/mol. The van der Waals surface area contributed by atoms with Crippen molar-refractivity contribution in [1.82, 2.24) is 0 Å². The fourth-order valence-electron chi connectivity index (χ4n) is 1.84. The molecular weight excluding hydrogens is 222 g/mol. The fourth-order valence-corrected chi connectivity index (χ4v) is 3.47. The standard InChI is InChI=1S/C12H17NS2/c1-14-12-7-3-2-6-11(12)13-10-5-4-8-15-9-10/h2-3,6-7,10,13H,4-5,8-9H2,1H3/t10-/m1/s1. The van der Waals surface area contributed by atoms with E-state index in [1.807, 2.05) is 11.8 Å². The zero-order valence-electron chi connectivity index (χ0n) is 9.03. The normalized spacial score (nSPS) is 21.3. The van der Waals surface area contributed by atoms with E-state index in [1.54, 1.807) is 0 Å². The summed E-state index contributed by atoms with van der Waals surface area (Å²) < 4.78 is 0. The maximum Gasteiger partial charge on any atom is 0.0480 e. The van der Waals surface area contributed by atoms with E-state index in [0.29, 0.717) is 6.04 Å². The Hall–Kier alpha value is -0.280. The number of nitrogens with one attached hydrogen (secondary N) is 1. The second kappa shape index (κ2) is 5.71. The summed E-state index contributed by atoms with van der Waals surface area (Å²) in [6.45, 7) is 0. The van der Waals surface area contributed by atoms with Gasteiger partial charge in [0.15, 0.2) is 0 Å². The molecule has 1 atom stereocenters. The quantitative estimate of drug-likeness (QED) is 0.808. The van der Waals surface area contributed by atoms with Gasteiger partial charge in [0.2, 0.25) is 0 Å². The Labute approximate surface area is 100 Å². The van der Waals surface area contributed by atoms with E-state index in [1.165, 1.54) is 34.9 Å². The molecule has 1 nitrogen and oxygen atoms in total. The minimum Gasteiger partial charge on any atom is -0.381 e. The molecule has 0 bridgehead atoms. The van der Waals surface area contributed by atoms with Gasteiger partial charge in [-0.05, 0) is 37.0 Å². The molecule has 1 aliphatic rings. The van der Waals surface area contributed by atoms with Crippen molar-refractivity contribution in [1.29, 1.82) is 0 Å². The van der Waals surface area contributed by atoms with Crippen LogP contribution in [-0.2, 0) is 0 Å². The Balaban J connectivity index is 2.02. The highest BCUT2D eigenvalue weighted by atomic mass is 32.2. The molecule has 82 valence electrons. The molecule has 0 unspecified atom stereocenters. The van der Waals surface area contributed by atoms with Gasteiger partial charge in [0.1, 0.15) is 0 Å². The Morgan fingerprint density at radius 3 is 3.00 bits per heavy atom. The van der Waals surface area contributed by atoms with Crippen molar-refractivity contribution in [3.05, 3.63) is 24.3 Å². The summed E-state index contributed by atoms with van der Waals surface area (Å²) >= 11 is 3.88. The number of rotatable bonds is 3. The molecule has 1 aliphatic heterocycles. The lowest BCUT2D eigenvalue weighted by atomic mass is 10.1. The van der Waals surface area contributed by atoms with Crippen LogP contribution in [0.5, 0.6) is 0 Å². The van der Waals surface area contributed by atoms with Crippen LogP contribution in [0.15, 0.2) is 29.2 Å². The lowest BCUT2D eigenvalue weighted by Gasteiger charge is -2.24. The average Bonchev–Trinajstić information content (AvgIpc) is 2.31. The van der Waals surface area contributed by atoms with E-state index in [2.05, 4.69) is 47.6 Å². The SMILES string of the molecule is CSc1ccccc1N[C@@H]1CCCSC1. The van der Waals surface area contributed by atoms with Crippen molar-refractivity contribution in [3.8, 4) is 0 Å². The summed E-state index contributed by atoms with van der Waals surface area (Å²) in [4.78, 5) is 1.35. The van der Waals surface area contributed by atoms with Gasteiger partial charge in [-0.15, -0.1) is 11.8 Å². The number of benzene rings is 1. The maximum absolute atomic E-state index is 3.66. The Bertz CT molecular complexity index is 308. The molecule has 0 amide bonds. The van der Waals surface area contributed by atoms with Gasteiger partial charge < -0.3 is 5.32 Å². The van der Waals surface area contributed by atoms with E-state index in [9.17, 15) is 0 Å². The molecule has 0 aromatic heterocycles. The highest BCUT2D eigenvalue weighted by Gasteiger charge is 2.14. The van der Waals surface area contributed by atoms with Crippen LogP contribution in [0.3, 0.4) is 0 Å². The first kappa shape index (κ1) is 11.2. The van der Waals surface area contributed by atoms with Gasteiger partial charge in [0.25, 0.3) is 0 Å². The summed E-state index contributed by atoms with van der Waals surface area (Å²) in [6.07, 6.45) is 4.80. The van der Waals surface area contributed by atoms with Gasteiger partial charge in [-0.2, -0.15) is 11.8 Å². The minimum atomic E-state index is 0.664. The van der Waals surface area contributed by atoms with E-state index in [0.717, 1.165) is 0 Å². The van der Waals surface area contributed by atoms with Crippen LogP contribution >= 0.6 is 23.5 Å². The van der Waals surface area contributed by atoms with Gasteiger partial charge in [-0.25, -0.2) is 0 Å². The third-order valence-electron chi connectivity index (χ3n) is 2.63. The van der Waals surface area contributed by atoms with Crippen molar-refractivity contribution in [2.24, 2.45) is 0 Å². The van der Waals surface area contributed by atoms with Gasteiger partial charge in [0, 0.05) is 22.4 Å². The van der Waals surface area contributed by atoms with E-state index in [4.69, 9.17) is 0 Å². The number of hydrogen-bond acceptors (Lipinski definition) is 3. The minimum absolute atomic E-state index is 0.664. The highest BCUT2D eigenvalue weighted by molar-refractivity contribution is 7.99.